The van der Waals surface area contributed by atoms with Crippen molar-refractivity contribution in [2.45, 2.75) is 4.90 Å². The second-order valence-electron chi connectivity index (χ2n) is 3.96. The van der Waals surface area contributed by atoms with Crippen LogP contribution in [0.5, 0.6) is 0 Å². The quantitative estimate of drug-likeness (QED) is 0.678. The van der Waals surface area contributed by atoms with Crippen LogP contribution in [0.25, 0.3) is 6.08 Å². The van der Waals surface area contributed by atoms with Gasteiger partial charge in [-0.1, -0.05) is 54.6 Å². The number of rotatable bonds is 5. The zero-order valence-electron chi connectivity index (χ0n) is 10.7. The van der Waals surface area contributed by atoms with Crippen LogP contribution in [0.15, 0.2) is 76.7 Å². The van der Waals surface area contributed by atoms with Gasteiger partial charge in [0.05, 0.1) is 4.90 Å². The van der Waals surface area contributed by atoms with Crippen LogP contribution in [0.3, 0.4) is 0 Å². The fourth-order valence-corrected chi connectivity index (χ4v) is 2.33. The van der Waals surface area contributed by atoms with Crippen molar-refractivity contribution in [2.75, 3.05) is 0 Å². The molecule has 0 spiro atoms. The summed E-state index contributed by atoms with van der Waals surface area (Å²) >= 11 is 0. The van der Waals surface area contributed by atoms with Crippen molar-refractivity contribution >= 4 is 22.3 Å². The molecule has 102 valence electrons. The van der Waals surface area contributed by atoms with Crippen LogP contribution < -0.4 is 4.83 Å². The number of hydrazone groups is 1. The van der Waals surface area contributed by atoms with Gasteiger partial charge < -0.3 is 0 Å². The van der Waals surface area contributed by atoms with Crippen LogP contribution in [0.4, 0.5) is 0 Å². The summed E-state index contributed by atoms with van der Waals surface area (Å²) in [5.74, 6) is 0. The van der Waals surface area contributed by atoms with Crippen molar-refractivity contribution in [2.24, 2.45) is 5.10 Å². The lowest BCUT2D eigenvalue weighted by Crippen LogP contribution is -2.17. The van der Waals surface area contributed by atoms with E-state index in [-0.39, 0.29) is 4.90 Å². The highest BCUT2D eigenvalue weighted by atomic mass is 32.2. The van der Waals surface area contributed by atoms with E-state index in [1.54, 1.807) is 24.3 Å². The maximum Gasteiger partial charge on any atom is 0.276 e. The molecule has 4 nitrogen and oxygen atoms in total. The second-order valence-corrected chi connectivity index (χ2v) is 5.62. The number of nitrogens with zero attached hydrogens (tertiary/aromatic N) is 1. The van der Waals surface area contributed by atoms with Crippen LogP contribution in [-0.4, -0.2) is 14.6 Å². The molecule has 2 aromatic rings. The van der Waals surface area contributed by atoms with E-state index in [0.29, 0.717) is 0 Å². The SMILES string of the molecule is O=S(=O)(N/N=C\C=C\c1ccccc1)c1ccccc1. The van der Waals surface area contributed by atoms with Crippen LogP contribution >= 0.6 is 0 Å². The lowest BCUT2D eigenvalue weighted by molar-refractivity contribution is 0.584. The highest BCUT2D eigenvalue weighted by molar-refractivity contribution is 7.89. The molecule has 20 heavy (non-hydrogen) atoms. The highest BCUT2D eigenvalue weighted by Gasteiger charge is 2.10. The largest absolute Gasteiger partial charge is 0.276 e. The van der Waals surface area contributed by atoms with E-state index in [4.69, 9.17) is 0 Å². The van der Waals surface area contributed by atoms with Crippen molar-refractivity contribution in [1.29, 1.82) is 0 Å². The molecule has 0 atom stereocenters. The molecular weight excluding hydrogens is 272 g/mol. The summed E-state index contributed by atoms with van der Waals surface area (Å²) in [4.78, 5) is 2.34. The van der Waals surface area contributed by atoms with Gasteiger partial charge in [-0.3, -0.25) is 0 Å². The van der Waals surface area contributed by atoms with Crippen LogP contribution in [-0.2, 0) is 10.0 Å². The molecule has 0 aliphatic heterocycles. The summed E-state index contributed by atoms with van der Waals surface area (Å²) in [5, 5.41) is 3.68. The Morgan fingerprint density at radius 2 is 1.50 bits per heavy atom. The molecule has 0 aromatic heterocycles. The van der Waals surface area contributed by atoms with Gasteiger partial charge in [-0.15, -0.1) is 0 Å². The predicted molar refractivity (Wildman–Crippen MR) is 80.7 cm³/mol. The number of hydrogen-bond donors (Lipinski definition) is 1. The molecular formula is C15H14N2O2S. The van der Waals surface area contributed by atoms with E-state index in [1.165, 1.54) is 18.3 Å². The monoisotopic (exact) mass is 286 g/mol. The first-order valence-corrected chi connectivity index (χ1v) is 7.48. The molecule has 0 saturated carbocycles. The van der Waals surface area contributed by atoms with Gasteiger partial charge in [-0.25, -0.2) is 4.83 Å². The van der Waals surface area contributed by atoms with Crippen molar-refractivity contribution in [1.82, 2.24) is 4.83 Å². The number of nitrogens with one attached hydrogen (secondary N) is 1. The normalized spacial score (nSPS) is 12.0. The molecule has 0 heterocycles. The minimum Gasteiger partial charge on any atom is -0.200 e. The molecule has 0 aliphatic carbocycles. The maximum atomic E-state index is 11.8. The Balaban J connectivity index is 1.95. The molecule has 0 saturated heterocycles. The Morgan fingerprint density at radius 3 is 2.15 bits per heavy atom. The Hall–Kier alpha value is -2.40. The summed E-state index contributed by atoms with van der Waals surface area (Å²) in [5.41, 5.74) is 1.02. The lowest BCUT2D eigenvalue weighted by atomic mass is 10.2. The summed E-state index contributed by atoms with van der Waals surface area (Å²) in [7, 11) is -3.59. The highest BCUT2D eigenvalue weighted by Crippen LogP contribution is 2.06. The van der Waals surface area contributed by atoms with E-state index >= 15 is 0 Å². The lowest BCUT2D eigenvalue weighted by Gasteiger charge is -2.01. The number of benzene rings is 2. The fourth-order valence-electron chi connectivity index (χ4n) is 1.51. The van der Waals surface area contributed by atoms with Crippen molar-refractivity contribution in [3.63, 3.8) is 0 Å². The molecule has 2 rings (SSSR count). The van der Waals surface area contributed by atoms with Gasteiger partial charge in [0.2, 0.25) is 0 Å². The average Bonchev–Trinajstić information content (AvgIpc) is 2.49. The van der Waals surface area contributed by atoms with Crippen molar-refractivity contribution in [3.05, 3.63) is 72.3 Å². The van der Waals surface area contributed by atoms with Gasteiger partial charge in [0.25, 0.3) is 10.0 Å². The Labute approximate surface area is 118 Å². The molecule has 5 heteroatoms. The van der Waals surface area contributed by atoms with Gasteiger partial charge in [0.15, 0.2) is 0 Å². The molecule has 2 aromatic carbocycles. The fraction of sp³-hybridized carbons (Fsp3) is 0. The van der Waals surface area contributed by atoms with Gasteiger partial charge >= 0.3 is 0 Å². The Kier molecular flexibility index (Phi) is 4.68. The molecule has 0 radical (unpaired) electrons. The summed E-state index contributed by atoms with van der Waals surface area (Å²) in [6.45, 7) is 0. The number of allylic oxidation sites excluding steroid dienone is 1. The Bertz CT molecular complexity index is 693. The maximum absolute atomic E-state index is 11.8. The molecule has 0 amide bonds. The third-order valence-corrected chi connectivity index (χ3v) is 3.71. The first kappa shape index (κ1) is 14.0. The van der Waals surface area contributed by atoms with Gasteiger partial charge in [-0.05, 0) is 23.8 Å². The number of hydrogen-bond acceptors (Lipinski definition) is 3. The summed E-state index contributed by atoms with van der Waals surface area (Å²) < 4.78 is 23.6. The van der Waals surface area contributed by atoms with E-state index in [9.17, 15) is 8.42 Å². The van der Waals surface area contributed by atoms with E-state index in [0.717, 1.165) is 5.56 Å². The third kappa shape index (κ3) is 4.07. The topological polar surface area (TPSA) is 58.5 Å². The summed E-state index contributed by atoms with van der Waals surface area (Å²) in [6.07, 6.45) is 4.90. The minimum absolute atomic E-state index is 0.184. The Morgan fingerprint density at radius 1 is 0.900 bits per heavy atom. The average molecular weight is 286 g/mol. The van der Waals surface area contributed by atoms with Crippen molar-refractivity contribution < 1.29 is 8.42 Å². The van der Waals surface area contributed by atoms with Gasteiger partial charge in [-0.2, -0.15) is 13.5 Å². The standard InChI is InChI=1S/C15H14N2O2S/c18-20(19,15-11-5-2-6-12-15)17-16-13-7-10-14-8-3-1-4-9-14/h1-13,17H/b10-7+,16-13-. The zero-order valence-corrected chi connectivity index (χ0v) is 11.5. The van der Waals surface area contributed by atoms with Gasteiger partial charge in [0, 0.05) is 6.21 Å². The van der Waals surface area contributed by atoms with Crippen LogP contribution in [0, 0.1) is 0 Å². The predicted octanol–water partition coefficient (Wildman–Crippen LogP) is 2.66. The number of sulfonamides is 1. The third-order valence-electron chi connectivity index (χ3n) is 2.48. The molecule has 0 bridgehead atoms. The van der Waals surface area contributed by atoms with E-state index < -0.39 is 10.0 Å². The van der Waals surface area contributed by atoms with Gasteiger partial charge in [0.1, 0.15) is 0 Å². The molecule has 1 N–H and O–H groups in total. The van der Waals surface area contributed by atoms with Crippen LogP contribution in [0.1, 0.15) is 5.56 Å². The zero-order chi connectivity index (χ0) is 14.3. The van der Waals surface area contributed by atoms with Crippen LogP contribution in [0.2, 0.25) is 0 Å². The molecule has 0 aliphatic rings. The minimum atomic E-state index is -3.59. The first-order valence-electron chi connectivity index (χ1n) is 6.00. The van der Waals surface area contributed by atoms with Crippen molar-refractivity contribution in [3.8, 4) is 0 Å². The molecule has 0 fully saturated rings. The van der Waals surface area contributed by atoms with E-state index in [2.05, 4.69) is 9.93 Å². The smallest absolute Gasteiger partial charge is 0.200 e. The van der Waals surface area contributed by atoms with E-state index in [1.807, 2.05) is 36.4 Å². The second kappa shape index (κ2) is 6.68. The summed E-state index contributed by atoms with van der Waals surface area (Å²) in [6, 6.07) is 17.8. The molecule has 0 unspecified atom stereocenters. The first-order chi connectivity index (χ1) is 9.68.